The average molecular weight is 467 g/mol. The van der Waals surface area contributed by atoms with Gasteiger partial charge in [-0.2, -0.15) is 0 Å². The molecule has 1 aliphatic carbocycles. The maximum atomic E-state index is 4.35. The van der Waals surface area contributed by atoms with Gasteiger partial charge in [-0.1, -0.05) is 133 Å². The quantitative estimate of drug-likeness (QED) is 0.158. The smallest absolute Gasteiger partial charge is 0.0279 e. The van der Waals surface area contributed by atoms with Crippen LogP contribution in [0.2, 0.25) is 0 Å². The van der Waals surface area contributed by atoms with Crippen molar-refractivity contribution in [2.45, 2.75) is 143 Å². The van der Waals surface area contributed by atoms with Crippen molar-refractivity contribution < 1.29 is 0 Å². The summed E-state index contributed by atoms with van der Waals surface area (Å²) >= 11 is 0. The molecule has 194 valence electrons. The molecule has 0 radical (unpaired) electrons. The fourth-order valence-electron chi connectivity index (χ4n) is 5.46. The van der Waals surface area contributed by atoms with E-state index in [0.717, 1.165) is 11.8 Å². The molecule has 34 heavy (non-hydrogen) atoms. The summed E-state index contributed by atoms with van der Waals surface area (Å²) < 4.78 is 0. The van der Waals surface area contributed by atoms with Crippen molar-refractivity contribution in [1.82, 2.24) is 0 Å². The van der Waals surface area contributed by atoms with Crippen LogP contribution in [-0.2, 0) is 6.42 Å². The molecule has 0 heteroatoms. The summed E-state index contributed by atoms with van der Waals surface area (Å²) in [4.78, 5) is 0. The van der Waals surface area contributed by atoms with Gasteiger partial charge >= 0.3 is 0 Å². The highest BCUT2D eigenvalue weighted by Gasteiger charge is 2.23. The molecule has 0 N–H and O–H groups in total. The first-order valence-corrected chi connectivity index (χ1v) is 15.0. The van der Waals surface area contributed by atoms with Crippen molar-refractivity contribution in [2.24, 2.45) is 11.8 Å². The van der Waals surface area contributed by atoms with Crippen molar-refractivity contribution in [1.29, 1.82) is 0 Å². The maximum absolute atomic E-state index is 4.35. The highest BCUT2D eigenvalue weighted by molar-refractivity contribution is 5.14. The summed E-state index contributed by atoms with van der Waals surface area (Å²) in [6.07, 6.45) is 25.6. The van der Waals surface area contributed by atoms with E-state index >= 15 is 0 Å². The third-order valence-electron chi connectivity index (χ3n) is 7.70. The number of aryl methyl sites for hydroxylation is 1. The van der Waals surface area contributed by atoms with E-state index < -0.39 is 0 Å². The lowest BCUT2D eigenvalue weighted by atomic mass is 9.74. The summed E-state index contributed by atoms with van der Waals surface area (Å²) in [7, 11) is 0. The minimum Gasteiger partial charge on any atom is -0.0999 e. The molecule has 0 saturated heterocycles. The number of hydrogen-bond donors (Lipinski definition) is 0. The zero-order valence-electron chi connectivity index (χ0n) is 23.4. The Morgan fingerprint density at radius 1 is 0.647 bits per heavy atom. The summed E-state index contributed by atoms with van der Waals surface area (Å²) in [5, 5.41) is 0. The Kier molecular flexibility index (Phi) is 19.0. The van der Waals surface area contributed by atoms with Crippen LogP contribution in [0.1, 0.15) is 142 Å². The van der Waals surface area contributed by atoms with E-state index in [2.05, 4.69) is 64.3 Å². The first-order valence-electron chi connectivity index (χ1n) is 15.0. The largest absolute Gasteiger partial charge is 0.0999 e. The van der Waals surface area contributed by atoms with E-state index in [1.807, 2.05) is 0 Å². The number of allylic oxidation sites excluding steroid dienone is 2. The van der Waals surface area contributed by atoms with E-state index in [4.69, 9.17) is 0 Å². The van der Waals surface area contributed by atoms with Gasteiger partial charge in [0.1, 0.15) is 0 Å². The van der Waals surface area contributed by atoms with E-state index in [1.165, 1.54) is 139 Å². The van der Waals surface area contributed by atoms with Crippen LogP contribution in [0.15, 0.2) is 54.6 Å². The number of benzene rings is 1. The zero-order valence-corrected chi connectivity index (χ0v) is 23.4. The van der Waals surface area contributed by atoms with Gasteiger partial charge in [-0.05, 0) is 81.6 Å². The molecule has 1 saturated carbocycles. The van der Waals surface area contributed by atoms with Gasteiger partial charge in [0.15, 0.2) is 0 Å². The minimum absolute atomic E-state index is 0.995. The predicted octanol–water partition coefficient (Wildman–Crippen LogP) is 11.7. The Morgan fingerprint density at radius 2 is 1.21 bits per heavy atom. The summed E-state index contributed by atoms with van der Waals surface area (Å²) in [5.74, 6) is 2.01. The van der Waals surface area contributed by atoms with Gasteiger partial charge in [0.25, 0.3) is 0 Å². The maximum Gasteiger partial charge on any atom is -0.0279 e. The summed E-state index contributed by atoms with van der Waals surface area (Å²) in [6.45, 7) is 15.4. The van der Waals surface area contributed by atoms with Crippen molar-refractivity contribution in [2.75, 3.05) is 0 Å². The van der Waals surface area contributed by atoms with Crippen LogP contribution in [0.3, 0.4) is 0 Å². The standard InChI is InChI=1S/C23H42.C11H16/c1-5-7-13-20(3)14-8-9-15-21(4)18-19-23-17-11-10-16-22(23)12-6-2;1-2-3-5-8-11-9-6-4-7-10-11/h22-23H,3-19H2,1-2H3;4,6-7,9-10H,2-3,5,8H2,1H3. The average Bonchev–Trinajstić information content (AvgIpc) is 2.86. The first-order chi connectivity index (χ1) is 16.6. The first kappa shape index (κ1) is 30.7. The molecular formula is C34H58. The van der Waals surface area contributed by atoms with E-state index in [-0.39, 0.29) is 0 Å². The fraction of sp³-hybridized carbons (Fsp3) is 0.706. The van der Waals surface area contributed by atoms with Gasteiger partial charge in [-0.25, -0.2) is 0 Å². The number of rotatable bonds is 17. The molecule has 0 nitrogen and oxygen atoms in total. The zero-order chi connectivity index (χ0) is 24.9. The van der Waals surface area contributed by atoms with Crippen molar-refractivity contribution in [3.8, 4) is 0 Å². The highest BCUT2D eigenvalue weighted by Crippen LogP contribution is 2.36. The lowest BCUT2D eigenvalue weighted by Crippen LogP contribution is -2.19. The normalized spacial score (nSPS) is 17.6. The topological polar surface area (TPSA) is 0 Å². The SMILES string of the molecule is C=C(CCCC)CCCCC(=C)CCC1CCCCC1CCC.CCCCCc1ccccc1. The Bertz CT molecular complexity index is 608. The number of unbranched alkanes of at least 4 members (excludes halogenated alkanes) is 4. The van der Waals surface area contributed by atoms with Crippen LogP contribution in [0.4, 0.5) is 0 Å². The lowest BCUT2D eigenvalue weighted by molar-refractivity contribution is 0.210. The fourth-order valence-corrected chi connectivity index (χ4v) is 5.46. The Hall–Kier alpha value is -1.30. The molecular weight excluding hydrogens is 408 g/mol. The second-order valence-corrected chi connectivity index (χ2v) is 10.9. The molecule has 2 rings (SSSR count). The van der Waals surface area contributed by atoms with Crippen molar-refractivity contribution in [3.63, 3.8) is 0 Å². The van der Waals surface area contributed by atoms with Crippen LogP contribution < -0.4 is 0 Å². The van der Waals surface area contributed by atoms with Gasteiger partial charge in [0.05, 0.1) is 0 Å². The molecule has 0 bridgehead atoms. The Labute approximate surface area is 214 Å². The third-order valence-corrected chi connectivity index (χ3v) is 7.70. The number of hydrogen-bond acceptors (Lipinski definition) is 0. The Morgan fingerprint density at radius 3 is 1.79 bits per heavy atom. The van der Waals surface area contributed by atoms with Gasteiger partial charge in [0, 0.05) is 0 Å². The molecule has 0 amide bonds. The minimum atomic E-state index is 0.995. The summed E-state index contributed by atoms with van der Waals surface area (Å²) in [5.41, 5.74) is 4.44. The van der Waals surface area contributed by atoms with Crippen molar-refractivity contribution >= 4 is 0 Å². The van der Waals surface area contributed by atoms with Crippen LogP contribution in [0.5, 0.6) is 0 Å². The van der Waals surface area contributed by atoms with E-state index in [0.29, 0.717) is 0 Å². The van der Waals surface area contributed by atoms with Gasteiger partial charge in [0.2, 0.25) is 0 Å². The van der Waals surface area contributed by atoms with Gasteiger partial charge < -0.3 is 0 Å². The molecule has 1 aliphatic rings. The monoisotopic (exact) mass is 466 g/mol. The second-order valence-electron chi connectivity index (χ2n) is 10.9. The van der Waals surface area contributed by atoms with Crippen LogP contribution in [0, 0.1) is 11.8 Å². The van der Waals surface area contributed by atoms with E-state index in [1.54, 1.807) is 0 Å². The van der Waals surface area contributed by atoms with Crippen molar-refractivity contribution in [3.05, 3.63) is 60.2 Å². The molecule has 2 unspecified atom stereocenters. The molecule has 0 spiro atoms. The third kappa shape index (κ3) is 15.6. The molecule has 0 heterocycles. The molecule has 0 aliphatic heterocycles. The Balaban J connectivity index is 0.000000437. The predicted molar refractivity (Wildman–Crippen MR) is 156 cm³/mol. The second kappa shape index (κ2) is 21.0. The van der Waals surface area contributed by atoms with E-state index in [9.17, 15) is 0 Å². The molecule has 1 aromatic carbocycles. The molecule has 2 atom stereocenters. The molecule has 1 aromatic rings. The van der Waals surface area contributed by atoms with Gasteiger partial charge in [-0.15, -0.1) is 0 Å². The van der Waals surface area contributed by atoms with Gasteiger partial charge in [-0.3, -0.25) is 0 Å². The van der Waals surface area contributed by atoms with Crippen LogP contribution in [0.25, 0.3) is 0 Å². The summed E-state index contributed by atoms with van der Waals surface area (Å²) in [6, 6.07) is 10.7. The highest BCUT2D eigenvalue weighted by atomic mass is 14.3. The van der Waals surface area contributed by atoms with Crippen LogP contribution in [-0.4, -0.2) is 0 Å². The molecule has 0 aromatic heterocycles. The van der Waals surface area contributed by atoms with Crippen LogP contribution >= 0.6 is 0 Å². The molecule has 1 fully saturated rings. The lowest BCUT2D eigenvalue weighted by Gasteiger charge is -2.31.